The number of hydrogen-bond acceptors (Lipinski definition) is 3. The molecule has 5 heteroatoms. The molecule has 0 aliphatic heterocycles. The first-order chi connectivity index (χ1) is 9.49. The predicted molar refractivity (Wildman–Crippen MR) is 89.1 cm³/mol. The van der Waals surface area contributed by atoms with E-state index in [4.69, 9.17) is 23.2 Å². The standard InChI is InChI=1S/C15H25Cl2N3/c1-19(2)10-11-20(3)9-8-18-7-6-13-4-5-14(16)15(17)12-13/h4-5,12,18H,6-11H2,1-3H3. The van der Waals surface area contributed by atoms with E-state index >= 15 is 0 Å². The number of rotatable bonds is 9. The molecule has 0 atom stereocenters. The van der Waals surface area contributed by atoms with Crippen LogP contribution in [0.1, 0.15) is 5.56 Å². The Morgan fingerprint density at radius 1 is 0.950 bits per heavy atom. The molecule has 0 aliphatic rings. The van der Waals surface area contributed by atoms with E-state index in [9.17, 15) is 0 Å². The van der Waals surface area contributed by atoms with E-state index in [1.165, 1.54) is 5.56 Å². The molecular formula is C15H25Cl2N3. The Labute approximate surface area is 132 Å². The maximum Gasteiger partial charge on any atom is 0.0595 e. The fourth-order valence-corrected chi connectivity index (χ4v) is 2.13. The molecule has 1 rings (SSSR count). The van der Waals surface area contributed by atoms with E-state index in [0.717, 1.165) is 39.1 Å². The van der Waals surface area contributed by atoms with Gasteiger partial charge in [-0.1, -0.05) is 29.3 Å². The van der Waals surface area contributed by atoms with Gasteiger partial charge in [-0.25, -0.2) is 0 Å². The largest absolute Gasteiger partial charge is 0.315 e. The monoisotopic (exact) mass is 317 g/mol. The fourth-order valence-electron chi connectivity index (χ4n) is 1.81. The van der Waals surface area contributed by atoms with Crippen LogP contribution in [0.15, 0.2) is 18.2 Å². The third-order valence-corrected chi connectivity index (χ3v) is 3.91. The summed E-state index contributed by atoms with van der Waals surface area (Å²) in [5.74, 6) is 0. The zero-order chi connectivity index (χ0) is 15.0. The molecule has 0 aromatic heterocycles. The first-order valence-electron chi connectivity index (χ1n) is 6.97. The highest BCUT2D eigenvalue weighted by atomic mass is 35.5. The van der Waals surface area contributed by atoms with Gasteiger partial charge in [-0.3, -0.25) is 0 Å². The van der Waals surface area contributed by atoms with Crippen molar-refractivity contribution >= 4 is 23.2 Å². The lowest BCUT2D eigenvalue weighted by Crippen LogP contribution is -2.34. The van der Waals surface area contributed by atoms with Crippen LogP contribution in [0.3, 0.4) is 0 Å². The zero-order valence-electron chi connectivity index (χ0n) is 12.6. The van der Waals surface area contributed by atoms with Gasteiger partial charge in [0.05, 0.1) is 10.0 Å². The second kappa shape index (κ2) is 9.59. The van der Waals surface area contributed by atoms with Crippen LogP contribution in [0.25, 0.3) is 0 Å². The van der Waals surface area contributed by atoms with E-state index in [2.05, 4.69) is 36.3 Å². The summed E-state index contributed by atoms with van der Waals surface area (Å²) in [5, 5.41) is 4.70. The zero-order valence-corrected chi connectivity index (χ0v) is 14.1. The maximum atomic E-state index is 5.99. The minimum absolute atomic E-state index is 0.617. The summed E-state index contributed by atoms with van der Waals surface area (Å²) in [6.45, 7) is 5.22. The Hall–Kier alpha value is -0.320. The molecule has 0 amide bonds. The van der Waals surface area contributed by atoms with Gasteiger partial charge in [-0.05, 0) is 51.8 Å². The van der Waals surface area contributed by atoms with Crippen LogP contribution in [0, 0.1) is 0 Å². The van der Waals surface area contributed by atoms with Crippen molar-refractivity contribution in [2.45, 2.75) is 6.42 Å². The lowest BCUT2D eigenvalue weighted by Gasteiger charge is -2.19. The Morgan fingerprint density at radius 3 is 2.35 bits per heavy atom. The van der Waals surface area contributed by atoms with E-state index in [1.807, 2.05) is 18.2 Å². The summed E-state index contributed by atoms with van der Waals surface area (Å²) in [4.78, 5) is 4.54. The average Bonchev–Trinajstić information content (AvgIpc) is 2.40. The van der Waals surface area contributed by atoms with Crippen LogP contribution >= 0.6 is 23.2 Å². The van der Waals surface area contributed by atoms with E-state index in [1.54, 1.807) is 0 Å². The van der Waals surface area contributed by atoms with Crippen molar-refractivity contribution < 1.29 is 0 Å². The molecule has 20 heavy (non-hydrogen) atoms. The molecule has 0 fully saturated rings. The summed E-state index contributed by atoms with van der Waals surface area (Å²) in [6.07, 6.45) is 0.971. The predicted octanol–water partition coefficient (Wildman–Crippen LogP) is 2.62. The Bertz CT molecular complexity index is 397. The fraction of sp³-hybridized carbons (Fsp3) is 0.600. The number of halogens is 2. The van der Waals surface area contributed by atoms with Gasteiger partial charge in [0.2, 0.25) is 0 Å². The van der Waals surface area contributed by atoms with Gasteiger partial charge in [0.25, 0.3) is 0 Å². The van der Waals surface area contributed by atoms with Crippen LogP contribution in [0.2, 0.25) is 10.0 Å². The second-order valence-electron chi connectivity index (χ2n) is 5.36. The van der Waals surface area contributed by atoms with Crippen molar-refractivity contribution in [3.8, 4) is 0 Å². The van der Waals surface area contributed by atoms with Crippen LogP contribution in [-0.2, 0) is 6.42 Å². The van der Waals surface area contributed by atoms with Crippen molar-refractivity contribution in [2.75, 3.05) is 53.9 Å². The minimum atomic E-state index is 0.617. The van der Waals surface area contributed by atoms with Crippen molar-refractivity contribution in [1.82, 2.24) is 15.1 Å². The molecule has 1 N–H and O–H groups in total. The SMILES string of the molecule is CN(C)CCN(C)CCNCCc1ccc(Cl)c(Cl)c1. The molecule has 0 aliphatic carbocycles. The molecule has 0 unspecified atom stereocenters. The first kappa shape index (κ1) is 17.7. The van der Waals surface area contributed by atoms with Crippen molar-refractivity contribution in [3.05, 3.63) is 33.8 Å². The van der Waals surface area contributed by atoms with E-state index < -0.39 is 0 Å². The quantitative estimate of drug-likeness (QED) is 0.706. The number of hydrogen-bond donors (Lipinski definition) is 1. The first-order valence-corrected chi connectivity index (χ1v) is 7.72. The molecule has 0 heterocycles. The Kier molecular flexibility index (Phi) is 8.50. The van der Waals surface area contributed by atoms with Gasteiger partial charge in [-0.15, -0.1) is 0 Å². The molecule has 0 radical (unpaired) electrons. The number of likely N-dealkylation sites (N-methyl/N-ethyl adjacent to an activating group) is 2. The van der Waals surface area contributed by atoms with Gasteiger partial charge >= 0.3 is 0 Å². The maximum absolute atomic E-state index is 5.99. The molecule has 3 nitrogen and oxygen atoms in total. The Morgan fingerprint density at radius 2 is 1.70 bits per heavy atom. The smallest absolute Gasteiger partial charge is 0.0595 e. The molecule has 0 saturated carbocycles. The summed E-state index contributed by atoms with van der Waals surface area (Å²) < 4.78 is 0. The van der Waals surface area contributed by atoms with Crippen LogP contribution in [0.4, 0.5) is 0 Å². The van der Waals surface area contributed by atoms with Crippen molar-refractivity contribution in [2.24, 2.45) is 0 Å². The van der Waals surface area contributed by atoms with Gasteiger partial charge < -0.3 is 15.1 Å². The normalized spacial score (nSPS) is 11.6. The van der Waals surface area contributed by atoms with E-state index in [-0.39, 0.29) is 0 Å². The highest BCUT2D eigenvalue weighted by molar-refractivity contribution is 6.42. The summed E-state index contributed by atoms with van der Waals surface area (Å²) in [7, 11) is 6.36. The molecule has 1 aromatic carbocycles. The molecule has 0 spiro atoms. The highest BCUT2D eigenvalue weighted by Gasteiger charge is 2.01. The summed E-state index contributed by atoms with van der Waals surface area (Å²) in [6, 6.07) is 5.82. The van der Waals surface area contributed by atoms with E-state index in [0.29, 0.717) is 10.0 Å². The lowest BCUT2D eigenvalue weighted by atomic mass is 10.1. The van der Waals surface area contributed by atoms with Gasteiger partial charge in [0.1, 0.15) is 0 Å². The third kappa shape index (κ3) is 7.46. The lowest BCUT2D eigenvalue weighted by molar-refractivity contribution is 0.282. The number of nitrogens with one attached hydrogen (secondary N) is 1. The van der Waals surface area contributed by atoms with Crippen LogP contribution in [0.5, 0.6) is 0 Å². The van der Waals surface area contributed by atoms with Gasteiger partial charge in [0.15, 0.2) is 0 Å². The van der Waals surface area contributed by atoms with Crippen molar-refractivity contribution in [3.63, 3.8) is 0 Å². The molecular weight excluding hydrogens is 293 g/mol. The third-order valence-electron chi connectivity index (χ3n) is 3.17. The van der Waals surface area contributed by atoms with Crippen LogP contribution in [-0.4, -0.2) is 63.7 Å². The molecule has 1 aromatic rings. The summed E-state index contributed by atoms with van der Waals surface area (Å²) >= 11 is 11.9. The highest BCUT2D eigenvalue weighted by Crippen LogP contribution is 2.22. The number of nitrogens with zero attached hydrogens (tertiary/aromatic N) is 2. The Balaban J connectivity index is 2.11. The summed E-state index contributed by atoms with van der Waals surface area (Å²) in [5.41, 5.74) is 1.22. The molecule has 0 saturated heterocycles. The van der Waals surface area contributed by atoms with Crippen molar-refractivity contribution in [1.29, 1.82) is 0 Å². The van der Waals surface area contributed by atoms with Gasteiger partial charge in [-0.2, -0.15) is 0 Å². The minimum Gasteiger partial charge on any atom is -0.315 e. The molecule has 114 valence electrons. The second-order valence-corrected chi connectivity index (χ2v) is 6.17. The van der Waals surface area contributed by atoms with Crippen LogP contribution < -0.4 is 5.32 Å². The molecule has 0 bridgehead atoms. The topological polar surface area (TPSA) is 18.5 Å². The number of benzene rings is 1. The average molecular weight is 318 g/mol. The van der Waals surface area contributed by atoms with Gasteiger partial charge in [0, 0.05) is 26.2 Å².